The van der Waals surface area contributed by atoms with Crippen LogP contribution in [0.4, 0.5) is 5.95 Å². The number of nitrogens with one attached hydrogen (secondary N) is 1. The molecule has 1 N–H and O–H groups in total. The molecule has 2 aromatic rings. The summed E-state index contributed by atoms with van der Waals surface area (Å²) in [5.41, 5.74) is 2.13. The van der Waals surface area contributed by atoms with Crippen molar-refractivity contribution in [3.63, 3.8) is 0 Å². The number of methoxy groups -OCH3 is 1. The van der Waals surface area contributed by atoms with Crippen molar-refractivity contribution in [2.45, 2.75) is 6.92 Å². The van der Waals surface area contributed by atoms with E-state index in [1.165, 1.54) is 0 Å². The SMILES string of the molecule is COCCN(C)CCNc1nc(C)cn1-c1ccccc1. The van der Waals surface area contributed by atoms with Crippen molar-refractivity contribution >= 4 is 5.95 Å². The number of nitrogens with zero attached hydrogens (tertiary/aromatic N) is 3. The number of aromatic nitrogens is 2. The molecule has 5 heteroatoms. The fourth-order valence-corrected chi connectivity index (χ4v) is 2.13. The summed E-state index contributed by atoms with van der Waals surface area (Å²) < 4.78 is 7.17. The normalized spacial score (nSPS) is 11.0. The Hall–Kier alpha value is -1.85. The maximum atomic E-state index is 5.08. The average Bonchev–Trinajstić information content (AvgIpc) is 2.87. The molecular formula is C16H24N4O. The van der Waals surface area contributed by atoms with Gasteiger partial charge in [-0.25, -0.2) is 4.98 Å². The molecule has 0 amide bonds. The molecule has 2 rings (SSSR count). The Kier molecular flexibility index (Phi) is 5.78. The van der Waals surface area contributed by atoms with Gasteiger partial charge in [-0.1, -0.05) is 18.2 Å². The molecule has 0 unspecified atom stereocenters. The van der Waals surface area contributed by atoms with Gasteiger partial charge in [0.15, 0.2) is 0 Å². The van der Waals surface area contributed by atoms with Crippen LogP contribution in [-0.4, -0.2) is 54.8 Å². The molecule has 0 spiro atoms. The van der Waals surface area contributed by atoms with E-state index in [1.807, 2.05) is 31.3 Å². The van der Waals surface area contributed by atoms with Crippen LogP contribution in [0, 0.1) is 6.92 Å². The van der Waals surface area contributed by atoms with E-state index in [1.54, 1.807) is 7.11 Å². The van der Waals surface area contributed by atoms with Crippen LogP contribution in [0.1, 0.15) is 5.69 Å². The lowest BCUT2D eigenvalue weighted by Crippen LogP contribution is -2.28. The first-order valence-electron chi connectivity index (χ1n) is 7.23. The third kappa shape index (κ3) is 4.58. The van der Waals surface area contributed by atoms with Gasteiger partial charge in [0.1, 0.15) is 0 Å². The molecule has 1 aromatic heterocycles. The van der Waals surface area contributed by atoms with Gasteiger partial charge < -0.3 is 15.0 Å². The molecule has 0 saturated carbocycles. The fraction of sp³-hybridized carbons (Fsp3) is 0.438. The summed E-state index contributed by atoms with van der Waals surface area (Å²) in [5.74, 6) is 0.888. The molecule has 0 radical (unpaired) electrons. The van der Waals surface area contributed by atoms with E-state index in [2.05, 4.69) is 38.9 Å². The molecule has 0 saturated heterocycles. The van der Waals surface area contributed by atoms with Crippen molar-refractivity contribution in [3.8, 4) is 5.69 Å². The lowest BCUT2D eigenvalue weighted by molar-refractivity contribution is 0.163. The van der Waals surface area contributed by atoms with Crippen LogP contribution in [0.25, 0.3) is 5.69 Å². The van der Waals surface area contributed by atoms with E-state index in [-0.39, 0.29) is 0 Å². The summed E-state index contributed by atoms with van der Waals surface area (Å²) in [5, 5.41) is 3.41. The van der Waals surface area contributed by atoms with Crippen LogP contribution in [0.2, 0.25) is 0 Å². The van der Waals surface area contributed by atoms with Crippen molar-refractivity contribution in [1.82, 2.24) is 14.5 Å². The monoisotopic (exact) mass is 288 g/mol. The number of imidazole rings is 1. The fourth-order valence-electron chi connectivity index (χ4n) is 2.13. The van der Waals surface area contributed by atoms with Crippen LogP contribution in [0.15, 0.2) is 36.5 Å². The summed E-state index contributed by atoms with van der Waals surface area (Å²) >= 11 is 0. The summed E-state index contributed by atoms with van der Waals surface area (Å²) in [6.45, 7) is 5.50. The van der Waals surface area contributed by atoms with Gasteiger partial charge in [0, 0.05) is 38.6 Å². The number of rotatable bonds is 8. The molecule has 21 heavy (non-hydrogen) atoms. The van der Waals surface area contributed by atoms with Gasteiger partial charge in [0.25, 0.3) is 0 Å². The van der Waals surface area contributed by atoms with Gasteiger partial charge in [-0.05, 0) is 26.1 Å². The minimum absolute atomic E-state index is 0.758. The Morgan fingerprint density at radius 1 is 1.24 bits per heavy atom. The van der Waals surface area contributed by atoms with Crippen molar-refractivity contribution in [2.75, 3.05) is 45.7 Å². The number of likely N-dealkylation sites (N-methyl/N-ethyl adjacent to an activating group) is 1. The van der Waals surface area contributed by atoms with Crippen LogP contribution >= 0.6 is 0 Å². The first-order valence-corrected chi connectivity index (χ1v) is 7.23. The third-order valence-corrected chi connectivity index (χ3v) is 3.31. The predicted molar refractivity (Wildman–Crippen MR) is 86.2 cm³/mol. The van der Waals surface area contributed by atoms with E-state index in [0.29, 0.717) is 0 Å². The third-order valence-electron chi connectivity index (χ3n) is 3.31. The molecular weight excluding hydrogens is 264 g/mol. The number of hydrogen-bond donors (Lipinski definition) is 1. The smallest absolute Gasteiger partial charge is 0.207 e. The second-order valence-corrected chi connectivity index (χ2v) is 5.13. The van der Waals surface area contributed by atoms with E-state index >= 15 is 0 Å². The Balaban J connectivity index is 1.95. The van der Waals surface area contributed by atoms with Gasteiger partial charge in [-0.2, -0.15) is 0 Å². The van der Waals surface area contributed by atoms with Crippen molar-refractivity contribution in [3.05, 3.63) is 42.2 Å². The topological polar surface area (TPSA) is 42.3 Å². The maximum Gasteiger partial charge on any atom is 0.207 e. The summed E-state index contributed by atoms with van der Waals surface area (Å²) in [6, 6.07) is 10.2. The first kappa shape index (κ1) is 15.5. The first-order chi connectivity index (χ1) is 10.2. The molecule has 0 aliphatic rings. The molecule has 0 fully saturated rings. The molecule has 0 atom stereocenters. The Morgan fingerprint density at radius 3 is 2.71 bits per heavy atom. The molecule has 0 aliphatic carbocycles. The van der Waals surface area contributed by atoms with Crippen LogP contribution in [0.5, 0.6) is 0 Å². The lowest BCUT2D eigenvalue weighted by Gasteiger charge is -2.16. The minimum atomic E-state index is 0.758. The highest BCUT2D eigenvalue weighted by Crippen LogP contribution is 2.15. The summed E-state index contributed by atoms with van der Waals surface area (Å²) in [4.78, 5) is 6.79. The molecule has 0 bridgehead atoms. The van der Waals surface area contributed by atoms with E-state index in [0.717, 1.165) is 43.6 Å². The zero-order valence-electron chi connectivity index (χ0n) is 13.0. The van der Waals surface area contributed by atoms with Crippen LogP contribution in [-0.2, 0) is 4.74 Å². The standard InChI is InChI=1S/C16H24N4O/c1-14-13-20(15-7-5-4-6-8-15)16(18-14)17-9-10-19(2)11-12-21-3/h4-8,13H,9-12H2,1-3H3,(H,17,18). The highest BCUT2D eigenvalue weighted by molar-refractivity contribution is 5.42. The number of hydrogen-bond acceptors (Lipinski definition) is 4. The lowest BCUT2D eigenvalue weighted by atomic mass is 10.3. The Morgan fingerprint density at radius 2 is 2.00 bits per heavy atom. The highest BCUT2D eigenvalue weighted by Gasteiger charge is 2.07. The second-order valence-electron chi connectivity index (χ2n) is 5.13. The van der Waals surface area contributed by atoms with Crippen molar-refractivity contribution in [2.24, 2.45) is 0 Å². The Bertz CT molecular complexity index is 538. The minimum Gasteiger partial charge on any atom is -0.383 e. The van der Waals surface area contributed by atoms with Crippen LogP contribution in [0.3, 0.4) is 0 Å². The number of benzene rings is 1. The molecule has 1 aromatic carbocycles. The summed E-state index contributed by atoms with van der Waals surface area (Å²) in [7, 11) is 3.82. The van der Waals surface area contributed by atoms with Gasteiger partial charge in [-0.3, -0.25) is 4.57 Å². The van der Waals surface area contributed by atoms with E-state index in [9.17, 15) is 0 Å². The second kappa shape index (κ2) is 7.81. The van der Waals surface area contributed by atoms with Crippen molar-refractivity contribution < 1.29 is 4.74 Å². The number of aryl methyl sites for hydroxylation is 1. The Labute approximate surface area is 126 Å². The molecule has 114 valence electrons. The number of anilines is 1. The van der Waals surface area contributed by atoms with E-state index in [4.69, 9.17) is 4.74 Å². The molecule has 1 heterocycles. The van der Waals surface area contributed by atoms with Crippen molar-refractivity contribution in [1.29, 1.82) is 0 Å². The predicted octanol–water partition coefficient (Wildman–Crippen LogP) is 2.17. The van der Waals surface area contributed by atoms with Crippen LogP contribution < -0.4 is 5.32 Å². The van der Waals surface area contributed by atoms with Gasteiger partial charge in [0.2, 0.25) is 5.95 Å². The van der Waals surface area contributed by atoms with E-state index < -0.39 is 0 Å². The maximum absolute atomic E-state index is 5.08. The van der Waals surface area contributed by atoms with Gasteiger partial charge >= 0.3 is 0 Å². The number of ether oxygens (including phenoxy) is 1. The largest absolute Gasteiger partial charge is 0.383 e. The zero-order valence-corrected chi connectivity index (χ0v) is 13.0. The molecule has 5 nitrogen and oxygen atoms in total. The highest BCUT2D eigenvalue weighted by atomic mass is 16.5. The zero-order chi connectivity index (χ0) is 15.1. The number of para-hydroxylation sites is 1. The van der Waals surface area contributed by atoms with Gasteiger partial charge in [-0.15, -0.1) is 0 Å². The quantitative estimate of drug-likeness (QED) is 0.808. The summed E-state index contributed by atoms with van der Waals surface area (Å²) in [6.07, 6.45) is 2.05. The molecule has 0 aliphatic heterocycles. The van der Waals surface area contributed by atoms with Gasteiger partial charge in [0.05, 0.1) is 12.3 Å². The average molecular weight is 288 g/mol.